The molecule has 5 heteroatoms. The molecule has 1 heterocycles. The lowest BCUT2D eigenvalue weighted by Crippen LogP contribution is -2.31. The quantitative estimate of drug-likeness (QED) is 0.873. The molecular formula is C18H15FN2O2. The van der Waals surface area contributed by atoms with Crippen molar-refractivity contribution in [3.63, 3.8) is 0 Å². The maximum atomic E-state index is 13.7. The van der Waals surface area contributed by atoms with Crippen molar-refractivity contribution in [2.75, 3.05) is 0 Å². The van der Waals surface area contributed by atoms with Crippen LogP contribution in [0, 0.1) is 22.6 Å². The van der Waals surface area contributed by atoms with Crippen molar-refractivity contribution in [3.8, 4) is 23.1 Å². The van der Waals surface area contributed by atoms with Crippen LogP contribution >= 0.6 is 0 Å². The minimum absolute atomic E-state index is 0.0624. The topological polar surface area (TPSA) is 74.0 Å². The summed E-state index contributed by atoms with van der Waals surface area (Å²) < 4.78 is 13.7. The van der Waals surface area contributed by atoms with Crippen LogP contribution in [0.4, 0.5) is 4.39 Å². The molecule has 4 nitrogen and oxygen atoms in total. The van der Waals surface area contributed by atoms with E-state index in [-0.39, 0.29) is 11.3 Å². The molecule has 0 unspecified atom stereocenters. The molecule has 1 N–H and O–H groups in total. The third-order valence-corrected chi connectivity index (χ3v) is 4.30. The van der Waals surface area contributed by atoms with E-state index in [1.54, 1.807) is 18.2 Å². The first-order chi connectivity index (χ1) is 10.8. The van der Waals surface area contributed by atoms with E-state index in [2.05, 4.69) is 4.98 Å². The van der Waals surface area contributed by atoms with E-state index in [1.807, 2.05) is 13.8 Å². The van der Waals surface area contributed by atoms with Crippen LogP contribution in [-0.2, 0) is 6.42 Å². The molecule has 0 amide bonds. The average Bonchev–Trinajstić information content (AvgIpc) is 2.53. The lowest BCUT2D eigenvalue weighted by molar-refractivity contribution is 0.0809. The molecule has 1 aromatic carbocycles. The van der Waals surface area contributed by atoms with E-state index in [9.17, 15) is 14.3 Å². The van der Waals surface area contributed by atoms with Gasteiger partial charge in [-0.05, 0) is 37.1 Å². The summed E-state index contributed by atoms with van der Waals surface area (Å²) in [5, 5.41) is 18.4. The molecule has 3 rings (SSSR count). The Labute approximate surface area is 133 Å². The normalized spacial score (nSPS) is 15.8. The largest absolute Gasteiger partial charge is 0.504 e. The molecule has 0 saturated heterocycles. The Kier molecular flexibility index (Phi) is 3.41. The molecule has 1 aliphatic carbocycles. The van der Waals surface area contributed by atoms with Crippen LogP contribution in [0.1, 0.15) is 41.9 Å². The summed E-state index contributed by atoms with van der Waals surface area (Å²) in [6, 6.07) is 7.63. The van der Waals surface area contributed by atoms with Gasteiger partial charge in [-0.3, -0.25) is 9.78 Å². The van der Waals surface area contributed by atoms with Crippen molar-refractivity contribution in [2.24, 2.45) is 5.41 Å². The van der Waals surface area contributed by atoms with Crippen molar-refractivity contribution < 1.29 is 14.3 Å². The minimum Gasteiger partial charge on any atom is -0.504 e. The number of halogens is 1. The number of ketones is 1. The second-order valence-electron chi connectivity index (χ2n) is 6.37. The summed E-state index contributed by atoms with van der Waals surface area (Å²) in [6.45, 7) is 3.83. The Morgan fingerprint density at radius 2 is 2.09 bits per heavy atom. The number of nitriles is 1. The van der Waals surface area contributed by atoms with Gasteiger partial charge in [0.25, 0.3) is 0 Å². The number of rotatable bonds is 1. The molecule has 1 aromatic heterocycles. The maximum Gasteiger partial charge on any atom is 0.170 e. The number of hydrogen-bond donors (Lipinski definition) is 1. The second-order valence-corrected chi connectivity index (χ2v) is 6.37. The number of hydrogen-bond acceptors (Lipinski definition) is 4. The van der Waals surface area contributed by atoms with Gasteiger partial charge in [0, 0.05) is 16.5 Å². The number of carbonyl (C=O) groups excluding carboxylic acids is 1. The summed E-state index contributed by atoms with van der Waals surface area (Å²) >= 11 is 0. The van der Waals surface area contributed by atoms with Gasteiger partial charge >= 0.3 is 0 Å². The van der Waals surface area contributed by atoms with Crippen LogP contribution < -0.4 is 0 Å². The van der Waals surface area contributed by atoms with Crippen LogP contribution in [0.15, 0.2) is 24.3 Å². The Balaban J connectivity index is 2.09. The van der Waals surface area contributed by atoms with Gasteiger partial charge in [0.2, 0.25) is 0 Å². The van der Waals surface area contributed by atoms with Crippen molar-refractivity contribution in [2.45, 2.75) is 26.7 Å². The van der Waals surface area contributed by atoms with E-state index >= 15 is 0 Å². The molecule has 0 aliphatic heterocycles. The molecule has 0 bridgehead atoms. The lowest BCUT2D eigenvalue weighted by atomic mass is 9.75. The third-order valence-electron chi connectivity index (χ3n) is 4.30. The molecule has 23 heavy (non-hydrogen) atoms. The zero-order chi connectivity index (χ0) is 16.8. The van der Waals surface area contributed by atoms with Gasteiger partial charge < -0.3 is 5.11 Å². The number of fused-ring (bicyclic) bond motifs is 1. The molecule has 116 valence electrons. The third kappa shape index (κ3) is 2.46. The highest BCUT2D eigenvalue weighted by Crippen LogP contribution is 2.35. The Bertz CT molecular complexity index is 866. The summed E-state index contributed by atoms with van der Waals surface area (Å²) in [7, 11) is 0. The number of carbonyl (C=O) groups is 1. The smallest absolute Gasteiger partial charge is 0.170 e. The number of phenols is 1. The predicted octanol–water partition coefficient (Wildman–Crippen LogP) is 3.62. The summed E-state index contributed by atoms with van der Waals surface area (Å²) in [5.41, 5.74) is 1.64. The van der Waals surface area contributed by atoms with Gasteiger partial charge in [0.1, 0.15) is 6.07 Å². The molecule has 0 radical (unpaired) electrons. The molecule has 2 aromatic rings. The van der Waals surface area contributed by atoms with Gasteiger partial charge in [-0.25, -0.2) is 4.39 Å². The Morgan fingerprint density at radius 3 is 2.78 bits per heavy atom. The van der Waals surface area contributed by atoms with Crippen LogP contribution in [0.2, 0.25) is 0 Å². The van der Waals surface area contributed by atoms with E-state index < -0.39 is 17.0 Å². The minimum atomic E-state index is -0.865. The van der Waals surface area contributed by atoms with Crippen LogP contribution in [0.25, 0.3) is 11.3 Å². The fraction of sp³-hybridized carbons (Fsp3) is 0.278. The number of nitrogens with zero attached hydrogens (tertiary/aromatic N) is 2. The number of pyridine rings is 1. The number of phenolic OH excluding ortho intramolecular Hbond substituents is 1. The predicted molar refractivity (Wildman–Crippen MR) is 82.4 cm³/mol. The molecule has 1 aliphatic rings. The first kappa shape index (κ1) is 15.2. The monoisotopic (exact) mass is 310 g/mol. The van der Waals surface area contributed by atoms with Crippen LogP contribution in [0.5, 0.6) is 5.75 Å². The number of aromatic hydroxyl groups is 1. The first-order valence-electron chi connectivity index (χ1n) is 7.31. The van der Waals surface area contributed by atoms with E-state index in [0.29, 0.717) is 35.4 Å². The van der Waals surface area contributed by atoms with E-state index in [1.165, 1.54) is 6.07 Å². The first-order valence-corrected chi connectivity index (χ1v) is 7.31. The number of Topliss-reactive ketones (excluding diaryl/α,β-unsaturated/α-hetero) is 1. The zero-order valence-corrected chi connectivity index (χ0v) is 12.9. The second kappa shape index (κ2) is 5.17. The molecule has 0 atom stereocenters. The summed E-state index contributed by atoms with van der Waals surface area (Å²) in [5.74, 6) is -1.46. The SMILES string of the molecule is CC1(C)CCc2nc(-c3cc(F)c(O)c(C#N)c3)ccc2C1=O. The van der Waals surface area contributed by atoms with Crippen molar-refractivity contribution in [3.05, 3.63) is 46.9 Å². The van der Waals surface area contributed by atoms with Crippen molar-refractivity contribution in [1.29, 1.82) is 5.26 Å². The highest BCUT2D eigenvalue weighted by molar-refractivity contribution is 6.02. The van der Waals surface area contributed by atoms with Gasteiger partial charge in [0.15, 0.2) is 17.3 Å². The van der Waals surface area contributed by atoms with Crippen molar-refractivity contribution in [1.82, 2.24) is 4.98 Å². The molecular weight excluding hydrogens is 295 g/mol. The van der Waals surface area contributed by atoms with Crippen LogP contribution in [0.3, 0.4) is 0 Å². The highest BCUT2D eigenvalue weighted by Gasteiger charge is 2.34. The number of benzene rings is 1. The zero-order valence-electron chi connectivity index (χ0n) is 12.9. The van der Waals surface area contributed by atoms with Gasteiger partial charge in [-0.1, -0.05) is 13.8 Å². The van der Waals surface area contributed by atoms with Gasteiger partial charge in [-0.2, -0.15) is 5.26 Å². The number of aryl methyl sites for hydroxylation is 1. The molecule has 0 saturated carbocycles. The fourth-order valence-electron chi connectivity index (χ4n) is 2.80. The van der Waals surface area contributed by atoms with Crippen LogP contribution in [-0.4, -0.2) is 15.9 Å². The summed E-state index contributed by atoms with van der Waals surface area (Å²) in [4.78, 5) is 16.9. The molecule has 0 spiro atoms. The van der Waals surface area contributed by atoms with E-state index in [4.69, 9.17) is 5.26 Å². The number of aromatic nitrogens is 1. The van der Waals surface area contributed by atoms with Crippen molar-refractivity contribution >= 4 is 5.78 Å². The van der Waals surface area contributed by atoms with Gasteiger partial charge in [0.05, 0.1) is 17.0 Å². The standard InChI is InChI=1S/C18H15FN2O2/c1-18(2)6-5-15-12(17(18)23)3-4-14(21-15)10-7-11(9-20)16(22)13(19)8-10/h3-4,7-8,22H,5-6H2,1-2H3. The maximum absolute atomic E-state index is 13.7. The fourth-order valence-corrected chi connectivity index (χ4v) is 2.80. The average molecular weight is 310 g/mol. The summed E-state index contributed by atoms with van der Waals surface area (Å²) in [6.07, 6.45) is 1.39. The lowest BCUT2D eigenvalue weighted by Gasteiger charge is -2.29. The highest BCUT2D eigenvalue weighted by atomic mass is 19.1. The Hall–Kier alpha value is -2.74. The van der Waals surface area contributed by atoms with E-state index in [0.717, 1.165) is 6.07 Å². The Morgan fingerprint density at radius 1 is 1.35 bits per heavy atom. The van der Waals surface area contributed by atoms with Gasteiger partial charge in [-0.15, -0.1) is 0 Å². The molecule has 0 fully saturated rings.